The molecular formula is C23H35IN4O2. The fourth-order valence-electron chi connectivity index (χ4n) is 3.28. The van der Waals surface area contributed by atoms with Gasteiger partial charge in [-0.05, 0) is 56.8 Å². The Balaban J connectivity index is 0.00000450. The highest BCUT2D eigenvalue weighted by atomic mass is 127. The van der Waals surface area contributed by atoms with Crippen molar-refractivity contribution in [2.45, 2.75) is 19.4 Å². The van der Waals surface area contributed by atoms with Crippen LogP contribution < -0.4 is 20.1 Å². The van der Waals surface area contributed by atoms with Gasteiger partial charge in [0.2, 0.25) is 0 Å². The van der Waals surface area contributed by atoms with E-state index in [9.17, 15) is 0 Å². The number of likely N-dealkylation sites (N-methyl/N-ethyl adjacent to an activating group) is 1. The molecule has 2 aromatic carbocycles. The smallest absolute Gasteiger partial charge is 0.191 e. The number of methoxy groups -OCH3 is 2. The van der Waals surface area contributed by atoms with Gasteiger partial charge in [0.15, 0.2) is 5.96 Å². The van der Waals surface area contributed by atoms with Crippen LogP contribution in [0.25, 0.3) is 0 Å². The molecule has 0 aromatic heterocycles. The molecule has 1 unspecified atom stereocenters. The van der Waals surface area contributed by atoms with E-state index in [0.717, 1.165) is 37.0 Å². The number of guanidine groups is 1. The molecule has 0 aliphatic carbocycles. The Morgan fingerprint density at radius 2 is 1.83 bits per heavy atom. The summed E-state index contributed by atoms with van der Waals surface area (Å²) < 4.78 is 10.8. The third-order valence-corrected chi connectivity index (χ3v) is 4.91. The fraction of sp³-hybridized carbons (Fsp3) is 0.435. The van der Waals surface area contributed by atoms with E-state index >= 15 is 0 Å². The molecule has 2 N–H and O–H groups in total. The average Bonchev–Trinajstić information content (AvgIpc) is 2.72. The van der Waals surface area contributed by atoms with Gasteiger partial charge in [-0.15, -0.1) is 24.0 Å². The Labute approximate surface area is 198 Å². The van der Waals surface area contributed by atoms with Gasteiger partial charge in [0.1, 0.15) is 11.5 Å². The second-order valence-electron chi connectivity index (χ2n) is 7.20. The molecule has 0 bridgehead atoms. The van der Waals surface area contributed by atoms with Crippen LogP contribution >= 0.6 is 24.0 Å². The van der Waals surface area contributed by atoms with Crippen LogP contribution in [-0.4, -0.2) is 59.3 Å². The van der Waals surface area contributed by atoms with E-state index in [4.69, 9.17) is 9.47 Å². The van der Waals surface area contributed by atoms with Crippen molar-refractivity contribution >= 4 is 29.9 Å². The molecule has 6 nitrogen and oxygen atoms in total. The number of hydrogen-bond acceptors (Lipinski definition) is 4. The van der Waals surface area contributed by atoms with Gasteiger partial charge in [0, 0.05) is 20.1 Å². The minimum atomic E-state index is 0. The number of nitrogens with zero attached hydrogens (tertiary/aromatic N) is 2. The first kappa shape index (κ1) is 26.0. The Morgan fingerprint density at radius 3 is 2.47 bits per heavy atom. The van der Waals surface area contributed by atoms with E-state index in [2.05, 4.69) is 65.8 Å². The van der Waals surface area contributed by atoms with Crippen LogP contribution in [0.4, 0.5) is 0 Å². The first-order valence-corrected chi connectivity index (χ1v) is 9.87. The van der Waals surface area contributed by atoms with E-state index < -0.39 is 0 Å². The van der Waals surface area contributed by atoms with Crippen molar-refractivity contribution in [1.82, 2.24) is 15.5 Å². The number of rotatable bonds is 9. The molecule has 0 heterocycles. The Morgan fingerprint density at radius 1 is 1.07 bits per heavy atom. The number of nitrogens with one attached hydrogen (secondary N) is 2. The first-order valence-electron chi connectivity index (χ1n) is 9.87. The standard InChI is InChI=1S/C23H34N4O2.HI/c1-17-10-11-22(29-6)19(14-17)12-13-25-23(24-2)26-16-21(27(3)4)18-8-7-9-20(15-18)28-5;/h7-11,14-15,21H,12-13,16H2,1-6H3,(H2,24,25,26);1H. The predicted molar refractivity (Wildman–Crippen MR) is 136 cm³/mol. The van der Waals surface area contributed by atoms with Crippen LogP contribution in [0, 0.1) is 6.92 Å². The van der Waals surface area contributed by atoms with E-state index in [-0.39, 0.29) is 30.0 Å². The van der Waals surface area contributed by atoms with Crippen molar-refractivity contribution in [2.75, 3.05) is 48.5 Å². The fourth-order valence-corrected chi connectivity index (χ4v) is 3.28. The van der Waals surface area contributed by atoms with Gasteiger partial charge in [-0.1, -0.05) is 29.8 Å². The minimum absolute atomic E-state index is 0. The quantitative estimate of drug-likeness (QED) is 0.297. The van der Waals surface area contributed by atoms with Crippen LogP contribution in [0.5, 0.6) is 11.5 Å². The van der Waals surface area contributed by atoms with Gasteiger partial charge in [-0.2, -0.15) is 0 Å². The normalized spacial score (nSPS) is 12.2. The Kier molecular flexibility index (Phi) is 11.6. The summed E-state index contributed by atoms with van der Waals surface area (Å²) in [5.74, 6) is 2.57. The molecular weight excluding hydrogens is 491 g/mol. The number of aryl methyl sites for hydroxylation is 1. The zero-order chi connectivity index (χ0) is 21.2. The third kappa shape index (κ3) is 7.68. The molecule has 166 valence electrons. The van der Waals surface area contributed by atoms with E-state index in [1.807, 2.05) is 18.2 Å². The number of ether oxygens (including phenoxy) is 2. The number of aliphatic imine (C=N–C) groups is 1. The lowest BCUT2D eigenvalue weighted by molar-refractivity contribution is 0.297. The maximum atomic E-state index is 5.47. The molecule has 2 aromatic rings. The van der Waals surface area contributed by atoms with Crippen molar-refractivity contribution < 1.29 is 9.47 Å². The Bertz CT molecular complexity index is 812. The SMILES string of the molecule is CN=C(NCCc1cc(C)ccc1OC)NCC(c1cccc(OC)c1)N(C)C.I. The van der Waals surface area contributed by atoms with Crippen molar-refractivity contribution in [3.05, 3.63) is 59.2 Å². The lowest BCUT2D eigenvalue weighted by Gasteiger charge is -2.26. The summed E-state index contributed by atoms with van der Waals surface area (Å²) in [7, 11) is 9.34. The van der Waals surface area contributed by atoms with Crippen LogP contribution in [-0.2, 0) is 6.42 Å². The summed E-state index contributed by atoms with van der Waals surface area (Å²) in [5, 5.41) is 6.84. The molecule has 0 fully saturated rings. The lowest BCUT2D eigenvalue weighted by atomic mass is 10.1. The van der Waals surface area contributed by atoms with Crippen LogP contribution in [0.15, 0.2) is 47.5 Å². The van der Waals surface area contributed by atoms with Crippen molar-refractivity contribution in [3.63, 3.8) is 0 Å². The molecule has 0 saturated carbocycles. The minimum Gasteiger partial charge on any atom is -0.497 e. The largest absolute Gasteiger partial charge is 0.497 e. The maximum absolute atomic E-state index is 5.47. The molecule has 0 amide bonds. The molecule has 1 atom stereocenters. The van der Waals surface area contributed by atoms with Gasteiger partial charge in [0.05, 0.1) is 20.3 Å². The summed E-state index contributed by atoms with van der Waals surface area (Å²) >= 11 is 0. The van der Waals surface area contributed by atoms with Gasteiger partial charge >= 0.3 is 0 Å². The summed E-state index contributed by atoms with van der Waals surface area (Å²) in [6.45, 7) is 3.59. The zero-order valence-corrected chi connectivity index (χ0v) is 21.2. The molecule has 0 saturated heterocycles. The number of benzene rings is 2. The van der Waals surface area contributed by atoms with E-state index in [0.29, 0.717) is 0 Å². The summed E-state index contributed by atoms with van der Waals surface area (Å²) in [6, 6.07) is 14.6. The Hall–Kier alpha value is -2.00. The topological polar surface area (TPSA) is 58.1 Å². The zero-order valence-electron chi connectivity index (χ0n) is 18.9. The maximum Gasteiger partial charge on any atom is 0.191 e. The van der Waals surface area contributed by atoms with Crippen molar-refractivity contribution in [1.29, 1.82) is 0 Å². The second-order valence-corrected chi connectivity index (χ2v) is 7.20. The lowest BCUT2D eigenvalue weighted by Crippen LogP contribution is -2.42. The second kappa shape index (κ2) is 13.3. The van der Waals surface area contributed by atoms with Gasteiger partial charge < -0.3 is 25.0 Å². The summed E-state index contributed by atoms with van der Waals surface area (Å²) in [4.78, 5) is 6.55. The van der Waals surface area contributed by atoms with E-state index in [1.54, 1.807) is 21.3 Å². The highest BCUT2D eigenvalue weighted by Gasteiger charge is 2.15. The third-order valence-electron chi connectivity index (χ3n) is 4.91. The van der Waals surface area contributed by atoms with Crippen LogP contribution in [0.1, 0.15) is 22.7 Å². The summed E-state index contributed by atoms with van der Waals surface area (Å²) in [5.41, 5.74) is 3.62. The molecule has 0 aliphatic heterocycles. The molecule has 30 heavy (non-hydrogen) atoms. The highest BCUT2D eigenvalue weighted by Crippen LogP contribution is 2.22. The van der Waals surface area contributed by atoms with Crippen LogP contribution in [0.3, 0.4) is 0 Å². The predicted octanol–water partition coefficient (Wildman–Crippen LogP) is 3.64. The monoisotopic (exact) mass is 526 g/mol. The number of hydrogen-bond donors (Lipinski definition) is 2. The average molecular weight is 526 g/mol. The summed E-state index contributed by atoms with van der Waals surface area (Å²) in [6.07, 6.45) is 0.860. The first-order chi connectivity index (χ1) is 14.0. The van der Waals surface area contributed by atoms with Gasteiger partial charge in [0.25, 0.3) is 0 Å². The van der Waals surface area contributed by atoms with Crippen LogP contribution in [0.2, 0.25) is 0 Å². The molecule has 2 rings (SSSR count). The van der Waals surface area contributed by atoms with Gasteiger partial charge in [-0.25, -0.2) is 0 Å². The highest BCUT2D eigenvalue weighted by molar-refractivity contribution is 14.0. The van der Waals surface area contributed by atoms with E-state index in [1.165, 1.54) is 16.7 Å². The molecule has 0 radical (unpaired) electrons. The number of halogens is 1. The van der Waals surface area contributed by atoms with Crippen molar-refractivity contribution in [2.24, 2.45) is 4.99 Å². The van der Waals surface area contributed by atoms with Gasteiger partial charge in [-0.3, -0.25) is 4.99 Å². The molecule has 0 spiro atoms. The molecule has 7 heteroatoms. The van der Waals surface area contributed by atoms with Crippen molar-refractivity contribution in [3.8, 4) is 11.5 Å². The molecule has 0 aliphatic rings.